The molecule has 0 atom stereocenters. The average Bonchev–Trinajstić information content (AvgIpc) is 3.19. The molecule has 1 heterocycles. The van der Waals surface area contributed by atoms with Gasteiger partial charge in [-0.05, 0) is 40.5 Å². The monoisotopic (exact) mass is 280 g/mol. The molecule has 1 aliphatic rings. The molecule has 0 bridgehead atoms. The SMILES string of the molecule is Cc1c(NN)nc(C2CC2)nc1OCCOC(C)(C)C. The number of nitrogens with zero attached hydrogens (tertiary/aromatic N) is 2. The van der Waals surface area contributed by atoms with Crippen LogP contribution in [-0.4, -0.2) is 28.8 Å². The van der Waals surface area contributed by atoms with Crippen LogP contribution in [0.2, 0.25) is 0 Å². The molecule has 1 aromatic heterocycles. The van der Waals surface area contributed by atoms with E-state index in [1.807, 2.05) is 27.7 Å². The van der Waals surface area contributed by atoms with Crippen molar-refractivity contribution in [3.63, 3.8) is 0 Å². The maximum Gasteiger partial charge on any atom is 0.221 e. The predicted octanol–water partition coefficient (Wildman–Crippen LogP) is 2.14. The Balaban J connectivity index is 2.00. The van der Waals surface area contributed by atoms with E-state index in [1.54, 1.807) is 0 Å². The van der Waals surface area contributed by atoms with Gasteiger partial charge < -0.3 is 14.9 Å². The van der Waals surface area contributed by atoms with Gasteiger partial charge in [-0.3, -0.25) is 0 Å². The Kier molecular flexibility index (Phi) is 4.45. The summed E-state index contributed by atoms with van der Waals surface area (Å²) >= 11 is 0. The van der Waals surface area contributed by atoms with Crippen LogP contribution in [0.25, 0.3) is 0 Å². The number of anilines is 1. The highest BCUT2D eigenvalue weighted by Gasteiger charge is 2.28. The van der Waals surface area contributed by atoms with Crippen molar-refractivity contribution in [2.24, 2.45) is 5.84 Å². The molecule has 0 aliphatic heterocycles. The number of hydrazine groups is 1. The van der Waals surface area contributed by atoms with Crippen molar-refractivity contribution < 1.29 is 9.47 Å². The lowest BCUT2D eigenvalue weighted by atomic mass is 10.2. The summed E-state index contributed by atoms with van der Waals surface area (Å²) in [6.07, 6.45) is 2.28. The maximum atomic E-state index is 5.72. The number of aromatic nitrogens is 2. The highest BCUT2D eigenvalue weighted by molar-refractivity contribution is 5.48. The van der Waals surface area contributed by atoms with Gasteiger partial charge in [0.25, 0.3) is 0 Å². The number of nitrogens with two attached hydrogens (primary N) is 1. The lowest BCUT2D eigenvalue weighted by Gasteiger charge is -2.20. The molecule has 20 heavy (non-hydrogen) atoms. The third-order valence-electron chi connectivity index (χ3n) is 3.05. The number of nitrogens with one attached hydrogen (secondary N) is 1. The number of hydrogen-bond donors (Lipinski definition) is 2. The van der Waals surface area contributed by atoms with Gasteiger partial charge in [0.1, 0.15) is 18.2 Å². The van der Waals surface area contributed by atoms with Gasteiger partial charge in [0.2, 0.25) is 5.88 Å². The summed E-state index contributed by atoms with van der Waals surface area (Å²) in [6, 6.07) is 0. The Morgan fingerprint density at radius 3 is 2.50 bits per heavy atom. The average molecular weight is 280 g/mol. The molecule has 1 saturated carbocycles. The normalized spacial score (nSPS) is 15.2. The number of ether oxygens (including phenoxy) is 2. The van der Waals surface area contributed by atoms with E-state index in [1.165, 1.54) is 0 Å². The summed E-state index contributed by atoms with van der Waals surface area (Å²) in [5.41, 5.74) is 3.28. The Morgan fingerprint density at radius 2 is 1.95 bits per heavy atom. The molecule has 3 N–H and O–H groups in total. The Bertz CT molecular complexity index is 467. The highest BCUT2D eigenvalue weighted by atomic mass is 16.5. The third-order valence-corrected chi connectivity index (χ3v) is 3.05. The summed E-state index contributed by atoms with van der Waals surface area (Å²) in [5.74, 6) is 7.99. The highest BCUT2D eigenvalue weighted by Crippen LogP contribution is 2.39. The lowest BCUT2D eigenvalue weighted by Crippen LogP contribution is -2.23. The molecule has 1 fully saturated rings. The van der Waals surface area contributed by atoms with Gasteiger partial charge in [-0.15, -0.1) is 0 Å². The van der Waals surface area contributed by atoms with Gasteiger partial charge in [-0.2, -0.15) is 4.98 Å². The molecular weight excluding hydrogens is 256 g/mol. The van der Waals surface area contributed by atoms with Gasteiger partial charge in [0.15, 0.2) is 0 Å². The molecule has 0 spiro atoms. The molecule has 6 heteroatoms. The Labute approximate surface area is 120 Å². The third kappa shape index (κ3) is 4.05. The van der Waals surface area contributed by atoms with E-state index in [2.05, 4.69) is 15.4 Å². The van der Waals surface area contributed by atoms with E-state index >= 15 is 0 Å². The number of rotatable bonds is 6. The fraction of sp³-hybridized carbons (Fsp3) is 0.714. The minimum absolute atomic E-state index is 0.159. The summed E-state index contributed by atoms with van der Waals surface area (Å²) in [7, 11) is 0. The second kappa shape index (κ2) is 5.93. The first kappa shape index (κ1) is 15.0. The van der Waals surface area contributed by atoms with E-state index < -0.39 is 0 Å². The molecule has 0 saturated heterocycles. The van der Waals surface area contributed by atoms with Crippen molar-refractivity contribution in [3.8, 4) is 5.88 Å². The second-order valence-corrected chi connectivity index (χ2v) is 6.09. The zero-order valence-electron chi connectivity index (χ0n) is 12.7. The van der Waals surface area contributed by atoms with Crippen molar-refractivity contribution in [1.82, 2.24) is 9.97 Å². The quantitative estimate of drug-likeness (QED) is 0.472. The standard InChI is InChI=1S/C14H24N4O2/c1-9-11(18-15)16-12(10-5-6-10)17-13(9)19-7-8-20-14(2,3)4/h10H,5-8,15H2,1-4H3,(H,16,17,18). The maximum absolute atomic E-state index is 5.72. The van der Waals surface area contributed by atoms with Gasteiger partial charge in [0.05, 0.1) is 17.8 Å². The first-order valence-corrected chi connectivity index (χ1v) is 7.02. The van der Waals surface area contributed by atoms with E-state index in [4.69, 9.17) is 15.3 Å². The minimum atomic E-state index is -0.159. The molecule has 0 amide bonds. The fourth-order valence-corrected chi connectivity index (χ4v) is 1.80. The second-order valence-electron chi connectivity index (χ2n) is 6.09. The number of hydrogen-bond acceptors (Lipinski definition) is 6. The summed E-state index contributed by atoms with van der Waals surface area (Å²) in [4.78, 5) is 8.91. The van der Waals surface area contributed by atoms with Crippen LogP contribution in [0.4, 0.5) is 5.82 Å². The van der Waals surface area contributed by atoms with Crippen LogP contribution in [0, 0.1) is 6.92 Å². The Hall–Kier alpha value is -1.40. The number of nitrogen functional groups attached to an aromatic ring is 1. The summed E-state index contributed by atoms with van der Waals surface area (Å²) in [6.45, 7) is 8.94. The van der Waals surface area contributed by atoms with Crippen molar-refractivity contribution in [2.45, 2.75) is 52.1 Å². The van der Waals surface area contributed by atoms with Crippen molar-refractivity contribution in [3.05, 3.63) is 11.4 Å². The first-order valence-electron chi connectivity index (χ1n) is 7.02. The van der Waals surface area contributed by atoms with Crippen LogP contribution in [0.3, 0.4) is 0 Å². The van der Waals surface area contributed by atoms with Gasteiger partial charge in [-0.25, -0.2) is 10.8 Å². The Morgan fingerprint density at radius 1 is 1.25 bits per heavy atom. The topological polar surface area (TPSA) is 82.3 Å². The van der Waals surface area contributed by atoms with Crippen molar-refractivity contribution in [1.29, 1.82) is 0 Å². The molecule has 112 valence electrons. The molecule has 1 aliphatic carbocycles. The fourth-order valence-electron chi connectivity index (χ4n) is 1.80. The predicted molar refractivity (Wildman–Crippen MR) is 77.8 cm³/mol. The minimum Gasteiger partial charge on any atom is -0.475 e. The summed E-state index contributed by atoms with van der Waals surface area (Å²) < 4.78 is 11.4. The molecule has 0 radical (unpaired) electrons. The van der Waals surface area contributed by atoms with Gasteiger partial charge in [-0.1, -0.05) is 0 Å². The van der Waals surface area contributed by atoms with Crippen LogP contribution < -0.4 is 16.0 Å². The van der Waals surface area contributed by atoms with Crippen LogP contribution >= 0.6 is 0 Å². The van der Waals surface area contributed by atoms with Gasteiger partial charge >= 0.3 is 0 Å². The van der Waals surface area contributed by atoms with Crippen LogP contribution in [0.1, 0.15) is 50.9 Å². The molecule has 6 nitrogen and oxygen atoms in total. The van der Waals surface area contributed by atoms with E-state index in [9.17, 15) is 0 Å². The smallest absolute Gasteiger partial charge is 0.221 e. The van der Waals surface area contributed by atoms with Crippen molar-refractivity contribution in [2.75, 3.05) is 18.6 Å². The zero-order valence-corrected chi connectivity index (χ0v) is 12.7. The molecule has 0 unspecified atom stereocenters. The molecule has 2 rings (SSSR count). The largest absolute Gasteiger partial charge is 0.475 e. The van der Waals surface area contributed by atoms with E-state index in [0.29, 0.717) is 30.8 Å². The van der Waals surface area contributed by atoms with E-state index in [0.717, 1.165) is 24.2 Å². The summed E-state index contributed by atoms with van der Waals surface area (Å²) in [5, 5.41) is 0. The van der Waals surface area contributed by atoms with Gasteiger partial charge in [0, 0.05) is 5.92 Å². The van der Waals surface area contributed by atoms with Crippen molar-refractivity contribution >= 4 is 5.82 Å². The first-order chi connectivity index (χ1) is 9.40. The van der Waals surface area contributed by atoms with Crippen LogP contribution in [0.15, 0.2) is 0 Å². The molecular formula is C14H24N4O2. The lowest BCUT2D eigenvalue weighted by molar-refractivity contribution is -0.0169. The van der Waals surface area contributed by atoms with Crippen LogP contribution in [0.5, 0.6) is 5.88 Å². The molecule has 1 aromatic rings. The zero-order chi connectivity index (χ0) is 14.8. The molecule has 0 aromatic carbocycles. The van der Waals surface area contributed by atoms with E-state index in [-0.39, 0.29) is 5.60 Å². The van der Waals surface area contributed by atoms with Crippen LogP contribution in [-0.2, 0) is 4.74 Å².